The predicted octanol–water partition coefficient (Wildman–Crippen LogP) is 4.13. The summed E-state index contributed by atoms with van der Waals surface area (Å²) >= 11 is 1.77. The van der Waals surface area contributed by atoms with E-state index in [0.717, 1.165) is 13.0 Å². The average Bonchev–Trinajstić information content (AvgIpc) is 2.77. The van der Waals surface area contributed by atoms with Crippen molar-refractivity contribution in [1.29, 1.82) is 0 Å². The van der Waals surface area contributed by atoms with Gasteiger partial charge in [-0.15, -0.1) is 11.3 Å². The van der Waals surface area contributed by atoms with Gasteiger partial charge in [0, 0.05) is 24.0 Å². The summed E-state index contributed by atoms with van der Waals surface area (Å²) in [5.41, 5.74) is 0.384. The second-order valence-corrected chi connectivity index (χ2v) is 7.26. The highest BCUT2D eigenvalue weighted by Gasteiger charge is 2.23. The SMILES string of the molecule is CCCNC(Cc1nccs1)CC(C)C(C)(C)C. The first-order chi connectivity index (χ1) is 8.43. The third kappa shape index (κ3) is 5.49. The van der Waals surface area contributed by atoms with Gasteiger partial charge in [-0.3, -0.25) is 0 Å². The van der Waals surface area contributed by atoms with Gasteiger partial charge in [-0.1, -0.05) is 34.6 Å². The minimum Gasteiger partial charge on any atom is -0.314 e. The van der Waals surface area contributed by atoms with E-state index in [-0.39, 0.29) is 0 Å². The zero-order valence-electron chi connectivity index (χ0n) is 12.5. The Balaban J connectivity index is 2.55. The van der Waals surface area contributed by atoms with Gasteiger partial charge in [-0.05, 0) is 30.7 Å². The van der Waals surface area contributed by atoms with E-state index in [1.54, 1.807) is 11.3 Å². The molecular formula is C15H28N2S. The summed E-state index contributed by atoms with van der Waals surface area (Å²) in [6.45, 7) is 12.7. The first kappa shape index (κ1) is 15.6. The van der Waals surface area contributed by atoms with Crippen LogP contribution in [-0.2, 0) is 6.42 Å². The Bertz CT molecular complexity index is 314. The molecule has 0 fully saturated rings. The molecule has 3 heteroatoms. The third-order valence-electron chi connectivity index (χ3n) is 3.70. The lowest BCUT2D eigenvalue weighted by Gasteiger charge is -2.31. The van der Waals surface area contributed by atoms with Crippen molar-refractivity contribution in [1.82, 2.24) is 10.3 Å². The summed E-state index contributed by atoms with van der Waals surface area (Å²) in [6.07, 6.45) is 5.39. The van der Waals surface area contributed by atoms with E-state index in [1.807, 2.05) is 6.20 Å². The molecule has 2 nitrogen and oxygen atoms in total. The van der Waals surface area contributed by atoms with E-state index in [9.17, 15) is 0 Å². The van der Waals surface area contributed by atoms with Crippen molar-refractivity contribution in [2.45, 2.75) is 59.9 Å². The molecule has 104 valence electrons. The van der Waals surface area contributed by atoms with E-state index < -0.39 is 0 Å². The van der Waals surface area contributed by atoms with Crippen LogP contribution in [0.25, 0.3) is 0 Å². The zero-order chi connectivity index (χ0) is 13.6. The van der Waals surface area contributed by atoms with Crippen molar-refractivity contribution in [2.24, 2.45) is 11.3 Å². The second-order valence-electron chi connectivity index (χ2n) is 6.28. The summed E-state index contributed by atoms with van der Waals surface area (Å²) < 4.78 is 0. The van der Waals surface area contributed by atoms with Crippen LogP contribution < -0.4 is 5.32 Å². The van der Waals surface area contributed by atoms with Crippen LogP contribution in [0, 0.1) is 11.3 Å². The molecule has 1 heterocycles. The Morgan fingerprint density at radius 2 is 2.11 bits per heavy atom. The van der Waals surface area contributed by atoms with Crippen molar-refractivity contribution in [3.8, 4) is 0 Å². The minimum atomic E-state index is 0.384. The number of nitrogens with zero attached hydrogens (tertiary/aromatic N) is 1. The van der Waals surface area contributed by atoms with Gasteiger partial charge < -0.3 is 5.32 Å². The molecule has 2 atom stereocenters. The Kier molecular flexibility index (Phi) is 6.30. The molecular weight excluding hydrogens is 240 g/mol. The zero-order valence-corrected chi connectivity index (χ0v) is 13.3. The molecule has 0 radical (unpaired) electrons. The van der Waals surface area contributed by atoms with E-state index in [2.05, 4.69) is 50.3 Å². The summed E-state index contributed by atoms with van der Waals surface area (Å²) in [6, 6.07) is 0.560. The van der Waals surface area contributed by atoms with E-state index >= 15 is 0 Å². The van der Waals surface area contributed by atoms with Gasteiger partial charge in [0.15, 0.2) is 0 Å². The Hall–Kier alpha value is -0.410. The van der Waals surface area contributed by atoms with Crippen molar-refractivity contribution in [3.05, 3.63) is 16.6 Å². The maximum atomic E-state index is 4.41. The lowest BCUT2D eigenvalue weighted by molar-refractivity contribution is 0.222. The highest BCUT2D eigenvalue weighted by Crippen LogP contribution is 2.29. The van der Waals surface area contributed by atoms with Gasteiger partial charge in [-0.2, -0.15) is 0 Å². The number of nitrogens with one attached hydrogen (secondary N) is 1. The van der Waals surface area contributed by atoms with E-state index in [4.69, 9.17) is 0 Å². The maximum Gasteiger partial charge on any atom is 0.0940 e. The molecule has 1 aromatic rings. The standard InChI is InChI=1S/C15H28N2S/c1-6-7-16-13(10-12(2)15(3,4)5)11-14-17-8-9-18-14/h8-9,12-13,16H,6-7,10-11H2,1-5H3. The molecule has 1 rings (SSSR count). The lowest BCUT2D eigenvalue weighted by Crippen LogP contribution is -2.35. The molecule has 0 saturated heterocycles. The summed E-state index contributed by atoms with van der Waals surface area (Å²) in [5.74, 6) is 0.715. The average molecular weight is 268 g/mol. The quantitative estimate of drug-likeness (QED) is 0.804. The number of thiazole rings is 1. The van der Waals surface area contributed by atoms with Crippen LogP contribution in [-0.4, -0.2) is 17.6 Å². The number of hydrogen-bond acceptors (Lipinski definition) is 3. The molecule has 0 saturated carbocycles. The molecule has 2 unspecified atom stereocenters. The van der Waals surface area contributed by atoms with Gasteiger partial charge in [0.1, 0.15) is 0 Å². The summed E-state index contributed by atoms with van der Waals surface area (Å²) in [5, 5.41) is 7.00. The topological polar surface area (TPSA) is 24.9 Å². The lowest BCUT2D eigenvalue weighted by atomic mass is 9.78. The van der Waals surface area contributed by atoms with Gasteiger partial charge in [0.25, 0.3) is 0 Å². The van der Waals surface area contributed by atoms with Crippen LogP contribution in [0.4, 0.5) is 0 Å². The van der Waals surface area contributed by atoms with Crippen molar-refractivity contribution >= 4 is 11.3 Å². The fourth-order valence-corrected chi connectivity index (χ4v) is 2.63. The Morgan fingerprint density at radius 3 is 2.61 bits per heavy atom. The molecule has 0 aliphatic rings. The van der Waals surface area contributed by atoms with Crippen LogP contribution in [0.2, 0.25) is 0 Å². The van der Waals surface area contributed by atoms with E-state index in [0.29, 0.717) is 17.4 Å². The molecule has 18 heavy (non-hydrogen) atoms. The van der Waals surface area contributed by atoms with Crippen LogP contribution in [0.3, 0.4) is 0 Å². The van der Waals surface area contributed by atoms with Gasteiger partial charge >= 0.3 is 0 Å². The monoisotopic (exact) mass is 268 g/mol. The second kappa shape index (κ2) is 7.25. The molecule has 0 spiro atoms. The van der Waals surface area contributed by atoms with Crippen molar-refractivity contribution in [3.63, 3.8) is 0 Å². The summed E-state index contributed by atoms with van der Waals surface area (Å²) in [4.78, 5) is 4.41. The smallest absolute Gasteiger partial charge is 0.0940 e. The molecule has 0 amide bonds. The van der Waals surface area contributed by atoms with E-state index in [1.165, 1.54) is 17.8 Å². The number of aromatic nitrogens is 1. The largest absolute Gasteiger partial charge is 0.314 e. The van der Waals surface area contributed by atoms with Crippen molar-refractivity contribution in [2.75, 3.05) is 6.54 Å². The normalized spacial score (nSPS) is 15.6. The molecule has 0 aliphatic carbocycles. The third-order valence-corrected chi connectivity index (χ3v) is 4.51. The molecule has 0 aromatic carbocycles. The van der Waals surface area contributed by atoms with Crippen LogP contribution in [0.15, 0.2) is 11.6 Å². The van der Waals surface area contributed by atoms with Crippen LogP contribution in [0.1, 0.15) is 52.5 Å². The maximum absolute atomic E-state index is 4.41. The van der Waals surface area contributed by atoms with Gasteiger partial charge in [-0.25, -0.2) is 4.98 Å². The highest BCUT2D eigenvalue weighted by atomic mass is 32.1. The molecule has 1 N–H and O–H groups in total. The number of rotatable bonds is 7. The number of hydrogen-bond donors (Lipinski definition) is 1. The van der Waals surface area contributed by atoms with Crippen LogP contribution in [0.5, 0.6) is 0 Å². The summed E-state index contributed by atoms with van der Waals surface area (Å²) in [7, 11) is 0. The fraction of sp³-hybridized carbons (Fsp3) is 0.800. The Morgan fingerprint density at radius 1 is 1.39 bits per heavy atom. The Labute approximate surface area is 116 Å². The molecule has 0 bridgehead atoms. The first-order valence-corrected chi connectivity index (χ1v) is 7.93. The van der Waals surface area contributed by atoms with Crippen molar-refractivity contribution < 1.29 is 0 Å². The highest BCUT2D eigenvalue weighted by molar-refractivity contribution is 7.09. The fourth-order valence-electron chi connectivity index (χ4n) is 1.93. The predicted molar refractivity (Wildman–Crippen MR) is 81.1 cm³/mol. The van der Waals surface area contributed by atoms with Gasteiger partial charge in [0.05, 0.1) is 5.01 Å². The molecule has 0 aliphatic heterocycles. The van der Waals surface area contributed by atoms with Crippen LogP contribution >= 0.6 is 11.3 Å². The first-order valence-electron chi connectivity index (χ1n) is 7.05. The van der Waals surface area contributed by atoms with Gasteiger partial charge in [0.2, 0.25) is 0 Å². The molecule has 1 aromatic heterocycles. The minimum absolute atomic E-state index is 0.384.